The molecule has 2 heterocycles. The molecule has 4 nitrogen and oxygen atoms in total. The maximum Gasteiger partial charge on any atom is 0.123 e. The minimum atomic E-state index is -1.02. The zero-order valence-corrected chi connectivity index (χ0v) is 18.0. The fraction of sp³-hybridized carbons (Fsp3) is 0.130. The molecule has 0 radical (unpaired) electrons. The summed E-state index contributed by atoms with van der Waals surface area (Å²) < 4.78 is 15.1. The summed E-state index contributed by atoms with van der Waals surface area (Å²) in [5.41, 5.74) is 1.92. The zero-order valence-electron chi connectivity index (χ0n) is 16.4. The highest BCUT2D eigenvalue weighted by atomic mass is 35.5. The van der Waals surface area contributed by atoms with E-state index in [0.29, 0.717) is 10.6 Å². The lowest BCUT2D eigenvalue weighted by atomic mass is 9.98. The summed E-state index contributed by atoms with van der Waals surface area (Å²) in [4.78, 5) is 6.20. The van der Waals surface area contributed by atoms with Gasteiger partial charge in [-0.25, -0.2) is 9.07 Å². The van der Waals surface area contributed by atoms with E-state index in [1.165, 1.54) is 12.1 Å². The van der Waals surface area contributed by atoms with Gasteiger partial charge in [0.1, 0.15) is 11.5 Å². The van der Waals surface area contributed by atoms with Crippen molar-refractivity contribution in [3.05, 3.63) is 89.6 Å². The third-order valence-corrected chi connectivity index (χ3v) is 5.81. The first kappa shape index (κ1) is 20.6. The van der Waals surface area contributed by atoms with Crippen molar-refractivity contribution in [1.82, 2.24) is 14.8 Å². The number of aliphatic hydroxyl groups is 1. The molecule has 0 aliphatic rings. The van der Waals surface area contributed by atoms with Crippen molar-refractivity contribution in [2.24, 2.45) is 0 Å². The Morgan fingerprint density at radius 1 is 1.03 bits per heavy atom. The molecule has 152 valence electrons. The lowest BCUT2D eigenvalue weighted by Gasteiger charge is -2.17. The largest absolute Gasteiger partial charge is 0.386 e. The van der Waals surface area contributed by atoms with E-state index >= 15 is 0 Å². The van der Waals surface area contributed by atoms with Crippen LogP contribution in [0.4, 0.5) is 4.39 Å². The van der Waals surface area contributed by atoms with E-state index in [4.69, 9.17) is 16.7 Å². The monoisotopic (exact) mass is 439 g/mol. The standard InChI is InChI=1S/C23H19ClFN3OS/c1-23(2,29)16-11-15(12-26-13-16)22-21(30-20-9-3-17(24)4-10-20)14-28(27-22)19-7-5-18(25)6-8-19/h3-14,29H,1-2H3. The van der Waals surface area contributed by atoms with Crippen LogP contribution in [0, 0.1) is 5.82 Å². The van der Waals surface area contributed by atoms with Gasteiger partial charge in [-0.1, -0.05) is 23.4 Å². The first-order valence-corrected chi connectivity index (χ1v) is 10.5. The number of benzene rings is 2. The fourth-order valence-corrected chi connectivity index (χ4v) is 3.95. The lowest BCUT2D eigenvalue weighted by Crippen LogP contribution is -2.15. The van der Waals surface area contributed by atoms with Crippen LogP contribution < -0.4 is 0 Å². The molecule has 0 saturated carbocycles. The quantitative estimate of drug-likeness (QED) is 0.408. The van der Waals surface area contributed by atoms with Crippen molar-refractivity contribution < 1.29 is 9.50 Å². The van der Waals surface area contributed by atoms with Gasteiger partial charge in [0.25, 0.3) is 0 Å². The molecule has 4 aromatic rings. The normalized spacial score (nSPS) is 11.6. The predicted molar refractivity (Wildman–Crippen MR) is 118 cm³/mol. The number of hydrogen-bond donors (Lipinski definition) is 1. The molecule has 2 aromatic carbocycles. The van der Waals surface area contributed by atoms with Crippen molar-refractivity contribution in [3.63, 3.8) is 0 Å². The number of nitrogens with zero attached hydrogens (tertiary/aromatic N) is 3. The minimum Gasteiger partial charge on any atom is -0.386 e. The van der Waals surface area contributed by atoms with Crippen LogP contribution in [0.5, 0.6) is 0 Å². The summed E-state index contributed by atoms with van der Waals surface area (Å²) in [6, 6.07) is 15.6. The van der Waals surface area contributed by atoms with Gasteiger partial charge in [-0.05, 0) is 68.4 Å². The third kappa shape index (κ3) is 4.56. The van der Waals surface area contributed by atoms with Crippen LogP contribution in [-0.4, -0.2) is 19.9 Å². The van der Waals surface area contributed by atoms with Crippen LogP contribution >= 0.6 is 23.4 Å². The van der Waals surface area contributed by atoms with Gasteiger partial charge in [0.2, 0.25) is 0 Å². The van der Waals surface area contributed by atoms with Gasteiger partial charge >= 0.3 is 0 Å². The summed E-state index contributed by atoms with van der Waals surface area (Å²) in [6.45, 7) is 3.43. The van der Waals surface area contributed by atoms with Crippen LogP contribution in [0.15, 0.2) is 83.0 Å². The molecule has 0 spiro atoms. The van der Waals surface area contributed by atoms with E-state index < -0.39 is 5.60 Å². The number of rotatable bonds is 5. The second kappa shape index (κ2) is 8.22. The number of halogens is 2. The molecule has 0 aliphatic carbocycles. The van der Waals surface area contributed by atoms with E-state index in [9.17, 15) is 9.50 Å². The van der Waals surface area contributed by atoms with Crippen LogP contribution in [0.25, 0.3) is 16.9 Å². The van der Waals surface area contributed by atoms with Crippen molar-refractivity contribution in [2.75, 3.05) is 0 Å². The third-order valence-electron chi connectivity index (χ3n) is 4.53. The predicted octanol–water partition coefficient (Wildman–Crippen LogP) is 6.11. The van der Waals surface area contributed by atoms with Gasteiger partial charge in [0, 0.05) is 39.6 Å². The molecule has 1 N–H and O–H groups in total. The Kier molecular flexibility index (Phi) is 5.64. The minimum absolute atomic E-state index is 0.302. The molecule has 0 unspecified atom stereocenters. The lowest BCUT2D eigenvalue weighted by molar-refractivity contribution is 0.0783. The van der Waals surface area contributed by atoms with Gasteiger partial charge in [-0.15, -0.1) is 0 Å². The van der Waals surface area contributed by atoms with Gasteiger partial charge in [0.15, 0.2) is 0 Å². The summed E-state index contributed by atoms with van der Waals surface area (Å²) in [6.07, 6.45) is 5.27. The van der Waals surface area contributed by atoms with Gasteiger partial charge in [0.05, 0.1) is 16.2 Å². The van der Waals surface area contributed by atoms with Crippen molar-refractivity contribution >= 4 is 23.4 Å². The van der Waals surface area contributed by atoms with Crippen LogP contribution in [0.3, 0.4) is 0 Å². The highest BCUT2D eigenvalue weighted by Gasteiger charge is 2.20. The Morgan fingerprint density at radius 3 is 2.40 bits per heavy atom. The molecular formula is C23H19ClFN3OS. The molecule has 2 aromatic heterocycles. The molecule has 7 heteroatoms. The molecule has 0 saturated heterocycles. The number of aromatic nitrogens is 3. The van der Waals surface area contributed by atoms with Crippen molar-refractivity contribution in [3.8, 4) is 16.9 Å². The molecule has 0 atom stereocenters. The molecule has 0 amide bonds. The van der Waals surface area contributed by atoms with Gasteiger partial charge < -0.3 is 5.11 Å². The maximum absolute atomic E-state index is 13.4. The zero-order chi connectivity index (χ0) is 21.3. The molecule has 0 fully saturated rings. The smallest absolute Gasteiger partial charge is 0.123 e. The van der Waals surface area contributed by atoms with E-state index in [-0.39, 0.29) is 5.82 Å². The van der Waals surface area contributed by atoms with Crippen LogP contribution in [-0.2, 0) is 5.60 Å². The summed E-state index contributed by atoms with van der Waals surface area (Å²) >= 11 is 7.55. The van der Waals surface area contributed by atoms with Crippen molar-refractivity contribution in [2.45, 2.75) is 29.2 Å². The molecule has 30 heavy (non-hydrogen) atoms. The average Bonchev–Trinajstić information content (AvgIpc) is 3.13. The Balaban J connectivity index is 1.81. The Morgan fingerprint density at radius 2 is 1.73 bits per heavy atom. The number of pyridine rings is 1. The van der Waals surface area contributed by atoms with E-state index in [0.717, 1.165) is 26.7 Å². The van der Waals surface area contributed by atoms with E-state index in [1.807, 2.05) is 36.5 Å². The SMILES string of the molecule is CC(C)(O)c1cncc(-c2nn(-c3ccc(F)cc3)cc2Sc2ccc(Cl)cc2)c1. The van der Waals surface area contributed by atoms with E-state index in [2.05, 4.69) is 4.98 Å². The Labute approximate surface area is 183 Å². The summed E-state index contributed by atoms with van der Waals surface area (Å²) in [7, 11) is 0. The highest BCUT2D eigenvalue weighted by molar-refractivity contribution is 7.99. The second-order valence-electron chi connectivity index (χ2n) is 7.34. The topological polar surface area (TPSA) is 50.9 Å². The van der Waals surface area contributed by atoms with Crippen molar-refractivity contribution in [1.29, 1.82) is 0 Å². The summed E-state index contributed by atoms with van der Waals surface area (Å²) in [5.74, 6) is -0.302. The van der Waals surface area contributed by atoms with Gasteiger partial charge in [-0.3, -0.25) is 4.98 Å². The van der Waals surface area contributed by atoms with E-state index in [1.54, 1.807) is 54.8 Å². The number of hydrogen-bond acceptors (Lipinski definition) is 4. The maximum atomic E-state index is 13.4. The molecular weight excluding hydrogens is 421 g/mol. The molecule has 0 bridgehead atoms. The first-order valence-electron chi connectivity index (χ1n) is 9.27. The Bertz CT molecular complexity index is 1170. The second-order valence-corrected chi connectivity index (χ2v) is 8.89. The summed E-state index contributed by atoms with van der Waals surface area (Å²) in [5, 5.41) is 15.8. The van der Waals surface area contributed by atoms with Crippen LogP contribution in [0.2, 0.25) is 5.02 Å². The molecule has 4 rings (SSSR count). The Hall–Kier alpha value is -2.67. The highest BCUT2D eigenvalue weighted by Crippen LogP contribution is 2.37. The van der Waals surface area contributed by atoms with Gasteiger partial charge in [-0.2, -0.15) is 5.10 Å². The fourth-order valence-electron chi connectivity index (χ4n) is 2.89. The average molecular weight is 440 g/mol. The first-order chi connectivity index (χ1) is 14.3. The van der Waals surface area contributed by atoms with Crippen LogP contribution in [0.1, 0.15) is 19.4 Å². The molecule has 0 aliphatic heterocycles.